The Morgan fingerprint density at radius 3 is 2.79 bits per heavy atom. The maximum Gasteiger partial charge on any atom is 0.239 e. The van der Waals surface area contributed by atoms with Gasteiger partial charge < -0.3 is 15.8 Å². The van der Waals surface area contributed by atoms with E-state index in [0.29, 0.717) is 18.1 Å². The smallest absolute Gasteiger partial charge is 0.239 e. The van der Waals surface area contributed by atoms with Gasteiger partial charge >= 0.3 is 0 Å². The predicted molar refractivity (Wildman–Crippen MR) is 56.4 cm³/mol. The van der Waals surface area contributed by atoms with E-state index in [0.717, 1.165) is 0 Å². The number of ether oxygens (including phenoxy) is 1. The van der Waals surface area contributed by atoms with Gasteiger partial charge in [-0.2, -0.15) is 0 Å². The number of carbonyl (C=O) groups excluding carboxylic acids is 1. The summed E-state index contributed by atoms with van der Waals surface area (Å²) in [6.45, 7) is 2.44. The Morgan fingerprint density at radius 1 is 1.64 bits per heavy atom. The van der Waals surface area contributed by atoms with Crippen molar-refractivity contribution in [1.82, 2.24) is 5.32 Å². The SMILES string of the molecule is CCS(=O)CCNC(=O)C(N)COC. The van der Waals surface area contributed by atoms with Gasteiger partial charge in [-0.1, -0.05) is 6.92 Å². The molecule has 14 heavy (non-hydrogen) atoms. The maximum atomic E-state index is 11.2. The Labute approximate surface area is 86.8 Å². The van der Waals surface area contributed by atoms with Crippen molar-refractivity contribution in [3.05, 3.63) is 0 Å². The van der Waals surface area contributed by atoms with Crippen molar-refractivity contribution in [1.29, 1.82) is 0 Å². The molecule has 0 aliphatic carbocycles. The molecule has 6 heteroatoms. The largest absolute Gasteiger partial charge is 0.383 e. The van der Waals surface area contributed by atoms with Gasteiger partial charge in [-0.25, -0.2) is 0 Å². The fourth-order valence-corrected chi connectivity index (χ4v) is 1.44. The van der Waals surface area contributed by atoms with Crippen molar-refractivity contribution in [3.8, 4) is 0 Å². The van der Waals surface area contributed by atoms with E-state index in [2.05, 4.69) is 5.32 Å². The number of rotatable bonds is 7. The molecule has 0 rings (SSSR count). The van der Waals surface area contributed by atoms with E-state index >= 15 is 0 Å². The lowest BCUT2D eigenvalue weighted by Gasteiger charge is -2.10. The molecule has 0 aromatic carbocycles. The molecule has 84 valence electrons. The second kappa shape index (κ2) is 7.90. The van der Waals surface area contributed by atoms with Crippen molar-refractivity contribution < 1.29 is 13.7 Å². The van der Waals surface area contributed by atoms with Gasteiger partial charge in [0.05, 0.1) is 6.61 Å². The second-order valence-electron chi connectivity index (χ2n) is 2.79. The molecule has 0 radical (unpaired) electrons. The lowest BCUT2D eigenvalue weighted by molar-refractivity contribution is -0.123. The summed E-state index contributed by atoms with van der Waals surface area (Å²) in [5, 5.41) is 2.60. The topological polar surface area (TPSA) is 81.4 Å². The minimum atomic E-state index is -0.847. The molecule has 0 aliphatic rings. The highest BCUT2D eigenvalue weighted by Crippen LogP contribution is 1.82. The summed E-state index contributed by atoms with van der Waals surface area (Å²) in [6, 6.07) is -0.643. The maximum absolute atomic E-state index is 11.2. The van der Waals surface area contributed by atoms with Gasteiger partial charge in [0.2, 0.25) is 5.91 Å². The molecule has 0 aliphatic heterocycles. The van der Waals surface area contributed by atoms with Crippen LogP contribution in [0.4, 0.5) is 0 Å². The molecular weight excluding hydrogens is 204 g/mol. The van der Waals surface area contributed by atoms with Gasteiger partial charge in [-0.05, 0) is 0 Å². The van der Waals surface area contributed by atoms with E-state index in [1.807, 2.05) is 6.92 Å². The zero-order chi connectivity index (χ0) is 11.0. The summed E-state index contributed by atoms with van der Waals surface area (Å²) in [5.74, 6) is 0.821. The van der Waals surface area contributed by atoms with Crippen molar-refractivity contribution >= 4 is 16.7 Å². The highest BCUT2D eigenvalue weighted by Gasteiger charge is 2.11. The quantitative estimate of drug-likeness (QED) is 0.569. The summed E-state index contributed by atoms with van der Waals surface area (Å²) in [7, 11) is 0.638. The molecule has 0 spiro atoms. The van der Waals surface area contributed by atoms with Crippen LogP contribution in [0.3, 0.4) is 0 Å². The highest BCUT2D eigenvalue weighted by atomic mass is 32.2. The summed E-state index contributed by atoms with van der Waals surface area (Å²) < 4.78 is 15.7. The fourth-order valence-electron chi connectivity index (χ4n) is 0.819. The Morgan fingerprint density at radius 2 is 2.29 bits per heavy atom. The predicted octanol–water partition coefficient (Wildman–Crippen LogP) is -1.16. The Hall–Kier alpha value is -0.460. The average Bonchev–Trinajstić information content (AvgIpc) is 2.17. The minimum absolute atomic E-state index is 0.197. The number of methoxy groups -OCH3 is 1. The van der Waals surface area contributed by atoms with E-state index in [1.165, 1.54) is 7.11 Å². The van der Waals surface area contributed by atoms with Crippen LogP contribution in [0.25, 0.3) is 0 Å². The van der Waals surface area contributed by atoms with Crippen LogP contribution in [0.5, 0.6) is 0 Å². The van der Waals surface area contributed by atoms with Crippen molar-refractivity contribution in [2.24, 2.45) is 5.73 Å². The molecule has 0 aromatic heterocycles. The number of hydrogen-bond acceptors (Lipinski definition) is 4. The normalized spacial score (nSPS) is 14.8. The third-order valence-electron chi connectivity index (χ3n) is 1.63. The van der Waals surface area contributed by atoms with Gasteiger partial charge in [0.25, 0.3) is 0 Å². The zero-order valence-corrected chi connectivity index (χ0v) is 9.43. The summed E-state index contributed by atoms with van der Waals surface area (Å²) in [5.41, 5.74) is 5.46. The van der Waals surface area contributed by atoms with E-state index in [-0.39, 0.29) is 12.5 Å². The molecular formula is C8H18N2O3S. The Kier molecular flexibility index (Phi) is 7.64. The summed E-state index contributed by atoms with van der Waals surface area (Å²) in [4.78, 5) is 11.2. The van der Waals surface area contributed by atoms with E-state index < -0.39 is 16.8 Å². The van der Waals surface area contributed by atoms with Crippen LogP contribution in [-0.4, -0.2) is 47.9 Å². The van der Waals surface area contributed by atoms with E-state index in [4.69, 9.17) is 10.5 Å². The number of hydrogen-bond donors (Lipinski definition) is 2. The molecule has 2 atom stereocenters. The van der Waals surface area contributed by atoms with Crippen LogP contribution >= 0.6 is 0 Å². The third kappa shape index (κ3) is 6.06. The molecule has 0 saturated carbocycles. The number of amides is 1. The Bertz CT molecular complexity index is 199. The number of nitrogens with two attached hydrogens (primary N) is 1. The zero-order valence-electron chi connectivity index (χ0n) is 8.62. The lowest BCUT2D eigenvalue weighted by Crippen LogP contribution is -2.44. The molecule has 3 N–H and O–H groups in total. The van der Waals surface area contributed by atoms with Crippen molar-refractivity contribution in [3.63, 3.8) is 0 Å². The molecule has 0 saturated heterocycles. The van der Waals surface area contributed by atoms with Gasteiger partial charge in [-0.3, -0.25) is 9.00 Å². The lowest BCUT2D eigenvalue weighted by atomic mass is 10.3. The highest BCUT2D eigenvalue weighted by molar-refractivity contribution is 7.84. The van der Waals surface area contributed by atoms with Crippen LogP contribution in [-0.2, 0) is 20.3 Å². The third-order valence-corrected chi connectivity index (χ3v) is 2.94. The molecule has 2 unspecified atom stereocenters. The number of carbonyl (C=O) groups is 1. The standard InChI is InChI=1S/C8H18N2O3S/c1-3-14(12)5-4-10-8(11)7(9)6-13-2/h7H,3-6,9H2,1-2H3,(H,10,11). The molecule has 5 nitrogen and oxygen atoms in total. The molecule has 1 amide bonds. The van der Waals surface area contributed by atoms with E-state index in [1.54, 1.807) is 0 Å². The first-order chi connectivity index (χ1) is 6.61. The first-order valence-corrected chi connectivity index (χ1v) is 5.97. The summed E-state index contributed by atoms with van der Waals surface area (Å²) >= 11 is 0. The average molecular weight is 222 g/mol. The van der Waals surface area contributed by atoms with Crippen molar-refractivity contribution in [2.75, 3.05) is 31.8 Å². The van der Waals surface area contributed by atoms with Crippen LogP contribution in [0.15, 0.2) is 0 Å². The van der Waals surface area contributed by atoms with Gasteiger partial charge in [0.15, 0.2) is 0 Å². The second-order valence-corrected chi connectivity index (χ2v) is 4.65. The molecule has 0 fully saturated rings. The number of nitrogens with one attached hydrogen (secondary N) is 1. The fraction of sp³-hybridized carbons (Fsp3) is 0.875. The summed E-state index contributed by atoms with van der Waals surface area (Å²) in [6.07, 6.45) is 0. The van der Waals surface area contributed by atoms with Gasteiger partial charge in [-0.15, -0.1) is 0 Å². The van der Waals surface area contributed by atoms with Crippen LogP contribution in [0.1, 0.15) is 6.92 Å². The van der Waals surface area contributed by atoms with Gasteiger partial charge in [0.1, 0.15) is 6.04 Å². The first-order valence-electron chi connectivity index (χ1n) is 4.49. The minimum Gasteiger partial charge on any atom is -0.383 e. The Balaban J connectivity index is 3.58. The molecule has 0 bridgehead atoms. The van der Waals surface area contributed by atoms with Gasteiger partial charge in [0, 0.05) is 36.0 Å². The van der Waals surface area contributed by atoms with Crippen LogP contribution in [0, 0.1) is 0 Å². The first kappa shape index (κ1) is 13.5. The van der Waals surface area contributed by atoms with Crippen molar-refractivity contribution in [2.45, 2.75) is 13.0 Å². The van der Waals surface area contributed by atoms with Crippen LogP contribution in [0.2, 0.25) is 0 Å². The molecule has 0 aromatic rings. The van der Waals surface area contributed by atoms with E-state index in [9.17, 15) is 9.00 Å². The van der Waals surface area contributed by atoms with Crippen LogP contribution < -0.4 is 11.1 Å². The monoisotopic (exact) mass is 222 g/mol. The molecule has 0 heterocycles.